The van der Waals surface area contributed by atoms with Crippen LogP contribution in [0.4, 0.5) is 10.5 Å². The Morgan fingerprint density at radius 3 is 2.75 bits per heavy atom. The van der Waals surface area contributed by atoms with Gasteiger partial charge in [0.25, 0.3) is 0 Å². The summed E-state index contributed by atoms with van der Waals surface area (Å²) in [6.07, 6.45) is 0.515. The molecule has 1 heterocycles. The molecule has 2 aromatic rings. The highest BCUT2D eigenvalue weighted by Gasteiger charge is 2.28. The third-order valence-electron chi connectivity index (χ3n) is 4.67. The van der Waals surface area contributed by atoms with E-state index in [-0.39, 0.29) is 17.9 Å². The van der Waals surface area contributed by atoms with E-state index in [0.29, 0.717) is 19.5 Å². The van der Waals surface area contributed by atoms with Gasteiger partial charge >= 0.3 is 6.03 Å². The molecule has 3 amide bonds. The van der Waals surface area contributed by atoms with Crippen LogP contribution in [0.15, 0.2) is 36.4 Å². The number of hydrogen-bond donors (Lipinski definition) is 1. The van der Waals surface area contributed by atoms with Gasteiger partial charge in [-0.2, -0.15) is 0 Å². The fraction of sp³-hybridized carbons (Fsp3) is 0.368. The maximum atomic E-state index is 12.6. The molecule has 1 aliphatic rings. The second-order valence-corrected chi connectivity index (χ2v) is 6.63. The molecule has 0 saturated carbocycles. The highest BCUT2D eigenvalue weighted by atomic mass is 16.2. The molecule has 2 aromatic carbocycles. The Morgan fingerprint density at radius 1 is 1.29 bits per heavy atom. The van der Waals surface area contributed by atoms with Crippen molar-refractivity contribution in [3.05, 3.63) is 42.0 Å². The summed E-state index contributed by atoms with van der Waals surface area (Å²) >= 11 is 0. The number of anilines is 1. The molecule has 126 valence electrons. The first-order valence-corrected chi connectivity index (χ1v) is 8.20. The number of amides is 3. The number of nitrogens with zero attached hydrogens (tertiary/aromatic N) is 2. The summed E-state index contributed by atoms with van der Waals surface area (Å²) in [6.45, 7) is 3.28. The number of urea groups is 1. The Labute approximate surface area is 142 Å². The van der Waals surface area contributed by atoms with Crippen LogP contribution in [0, 0.1) is 12.8 Å². The fourth-order valence-electron chi connectivity index (χ4n) is 3.30. The number of likely N-dealkylation sites (tertiary alicyclic amines) is 1. The standard InChI is InChI=1S/C19H23N3O2/c1-13-8-9-15-6-4-5-7-16(15)18(13)20-19(24)22(3)12-14-10-17(23)21(2)11-14/h4-9,14H,10-12H2,1-3H3,(H,20,24)/t14-/m0/s1. The first-order valence-electron chi connectivity index (χ1n) is 8.20. The molecule has 5 nitrogen and oxygen atoms in total. The van der Waals surface area contributed by atoms with Crippen LogP contribution in [0.2, 0.25) is 0 Å². The molecule has 0 aliphatic carbocycles. The molecule has 0 unspecified atom stereocenters. The van der Waals surface area contributed by atoms with Gasteiger partial charge in [0.1, 0.15) is 0 Å². The highest BCUT2D eigenvalue weighted by Crippen LogP contribution is 2.27. The van der Waals surface area contributed by atoms with Crippen LogP contribution < -0.4 is 5.32 Å². The van der Waals surface area contributed by atoms with Gasteiger partial charge in [0.2, 0.25) is 5.91 Å². The smallest absolute Gasteiger partial charge is 0.321 e. The van der Waals surface area contributed by atoms with Crippen LogP contribution >= 0.6 is 0 Å². The summed E-state index contributed by atoms with van der Waals surface area (Å²) < 4.78 is 0. The van der Waals surface area contributed by atoms with Gasteiger partial charge in [-0.3, -0.25) is 4.79 Å². The average molecular weight is 325 g/mol. The van der Waals surface area contributed by atoms with Crippen LogP contribution in [0.3, 0.4) is 0 Å². The predicted octanol–water partition coefficient (Wildman–Crippen LogP) is 3.09. The monoisotopic (exact) mass is 325 g/mol. The van der Waals surface area contributed by atoms with Gasteiger partial charge in [-0.05, 0) is 17.9 Å². The van der Waals surface area contributed by atoms with E-state index in [9.17, 15) is 9.59 Å². The van der Waals surface area contributed by atoms with Crippen molar-refractivity contribution in [3.8, 4) is 0 Å². The van der Waals surface area contributed by atoms with E-state index in [1.54, 1.807) is 16.8 Å². The molecule has 1 saturated heterocycles. The van der Waals surface area contributed by atoms with Gasteiger partial charge in [-0.25, -0.2) is 4.79 Å². The number of carbonyl (C=O) groups excluding carboxylic acids is 2. The summed E-state index contributed by atoms with van der Waals surface area (Å²) in [6, 6.07) is 11.9. The van der Waals surface area contributed by atoms with Crippen LogP contribution in [-0.2, 0) is 4.79 Å². The maximum absolute atomic E-state index is 12.6. The second kappa shape index (κ2) is 6.51. The molecule has 0 aromatic heterocycles. The maximum Gasteiger partial charge on any atom is 0.321 e. The molecule has 24 heavy (non-hydrogen) atoms. The molecular formula is C19H23N3O2. The summed E-state index contributed by atoms with van der Waals surface area (Å²) in [5.74, 6) is 0.352. The number of rotatable bonds is 3. The van der Waals surface area contributed by atoms with Crippen molar-refractivity contribution in [2.75, 3.05) is 32.5 Å². The summed E-state index contributed by atoms with van der Waals surface area (Å²) in [5.41, 5.74) is 1.88. The number of carbonyl (C=O) groups is 2. The van der Waals surface area contributed by atoms with Crippen molar-refractivity contribution in [2.45, 2.75) is 13.3 Å². The molecule has 0 bridgehead atoms. The zero-order chi connectivity index (χ0) is 17.3. The highest BCUT2D eigenvalue weighted by molar-refractivity contribution is 6.02. The molecule has 0 radical (unpaired) electrons. The van der Waals surface area contributed by atoms with Gasteiger partial charge < -0.3 is 15.1 Å². The lowest BCUT2D eigenvalue weighted by atomic mass is 10.0. The quantitative estimate of drug-likeness (QED) is 0.943. The van der Waals surface area contributed by atoms with Gasteiger partial charge in [-0.1, -0.05) is 36.4 Å². The van der Waals surface area contributed by atoms with E-state index >= 15 is 0 Å². The summed E-state index contributed by atoms with van der Waals surface area (Å²) in [5, 5.41) is 5.18. The van der Waals surface area contributed by atoms with E-state index in [2.05, 4.69) is 11.4 Å². The molecule has 1 fully saturated rings. The molecule has 1 aliphatic heterocycles. The lowest BCUT2D eigenvalue weighted by molar-refractivity contribution is -0.126. The average Bonchev–Trinajstić information content (AvgIpc) is 2.87. The van der Waals surface area contributed by atoms with Crippen LogP contribution in [0.5, 0.6) is 0 Å². The number of nitrogens with one attached hydrogen (secondary N) is 1. The molecule has 1 N–H and O–H groups in total. The SMILES string of the molecule is Cc1ccc2ccccc2c1NC(=O)N(C)C[C@H]1CC(=O)N(C)C1. The van der Waals surface area contributed by atoms with Crippen LogP contribution in [-0.4, -0.2) is 48.9 Å². The van der Waals surface area contributed by atoms with Gasteiger partial charge in [0.15, 0.2) is 0 Å². The molecule has 3 rings (SSSR count). The summed E-state index contributed by atoms with van der Waals surface area (Å²) in [7, 11) is 3.58. The minimum Gasteiger partial charge on any atom is -0.345 e. The van der Waals surface area contributed by atoms with Crippen molar-refractivity contribution in [1.82, 2.24) is 9.80 Å². The first kappa shape index (κ1) is 16.3. The lowest BCUT2D eigenvalue weighted by Crippen LogP contribution is -2.36. The van der Waals surface area contributed by atoms with Gasteiger partial charge in [-0.15, -0.1) is 0 Å². The zero-order valence-corrected chi connectivity index (χ0v) is 14.4. The topological polar surface area (TPSA) is 52.7 Å². The van der Waals surface area contributed by atoms with E-state index in [1.807, 2.05) is 44.3 Å². The zero-order valence-electron chi connectivity index (χ0n) is 14.4. The normalized spacial score (nSPS) is 17.4. The van der Waals surface area contributed by atoms with Crippen molar-refractivity contribution in [1.29, 1.82) is 0 Å². The predicted molar refractivity (Wildman–Crippen MR) is 96.1 cm³/mol. The Balaban J connectivity index is 1.73. The number of aryl methyl sites for hydroxylation is 1. The Hall–Kier alpha value is -2.56. The van der Waals surface area contributed by atoms with Crippen LogP contribution in [0.1, 0.15) is 12.0 Å². The molecule has 0 spiro atoms. The molecular weight excluding hydrogens is 302 g/mol. The van der Waals surface area contributed by atoms with Gasteiger partial charge in [0, 0.05) is 44.9 Å². The van der Waals surface area contributed by atoms with Crippen molar-refractivity contribution >= 4 is 28.4 Å². The largest absolute Gasteiger partial charge is 0.345 e. The third-order valence-corrected chi connectivity index (χ3v) is 4.67. The molecule has 5 heteroatoms. The number of hydrogen-bond acceptors (Lipinski definition) is 2. The fourth-order valence-corrected chi connectivity index (χ4v) is 3.30. The molecule has 1 atom stereocenters. The number of fused-ring (bicyclic) bond motifs is 1. The second-order valence-electron chi connectivity index (χ2n) is 6.63. The van der Waals surface area contributed by atoms with Crippen LogP contribution in [0.25, 0.3) is 10.8 Å². The van der Waals surface area contributed by atoms with Crippen molar-refractivity contribution < 1.29 is 9.59 Å². The van der Waals surface area contributed by atoms with Gasteiger partial charge in [0.05, 0.1) is 5.69 Å². The Bertz CT molecular complexity index is 787. The van der Waals surface area contributed by atoms with E-state index < -0.39 is 0 Å². The Kier molecular flexibility index (Phi) is 4.42. The minimum absolute atomic E-state index is 0.142. The first-order chi connectivity index (χ1) is 11.5. The van der Waals surface area contributed by atoms with E-state index in [1.165, 1.54) is 0 Å². The lowest BCUT2D eigenvalue weighted by Gasteiger charge is -2.22. The van der Waals surface area contributed by atoms with E-state index in [0.717, 1.165) is 22.0 Å². The van der Waals surface area contributed by atoms with E-state index in [4.69, 9.17) is 0 Å². The summed E-state index contributed by atoms with van der Waals surface area (Å²) in [4.78, 5) is 27.6. The van der Waals surface area contributed by atoms with Crippen molar-refractivity contribution in [3.63, 3.8) is 0 Å². The Morgan fingerprint density at radius 2 is 2.04 bits per heavy atom. The third kappa shape index (κ3) is 3.20. The minimum atomic E-state index is -0.142. The number of benzene rings is 2. The van der Waals surface area contributed by atoms with Crippen molar-refractivity contribution in [2.24, 2.45) is 5.92 Å².